The smallest absolute Gasteiger partial charge is 0.216 e. The lowest BCUT2D eigenvalue weighted by atomic mass is 9.97. The van der Waals surface area contributed by atoms with Gasteiger partial charge < -0.3 is 14.8 Å². The molecule has 1 N–H and O–H groups in total. The Morgan fingerprint density at radius 3 is 2.61 bits per heavy atom. The Kier molecular flexibility index (Phi) is 7.74. The van der Waals surface area contributed by atoms with Gasteiger partial charge in [0, 0.05) is 19.9 Å². The third-order valence-corrected chi connectivity index (χ3v) is 5.95. The molecule has 33 heavy (non-hydrogen) atoms. The average molecular weight is 448 g/mol. The first-order chi connectivity index (χ1) is 16.1. The average Bonchev–Trinajstić information content (AvgIpc) is 3.26. The first-order valence-electron chi connectivity index (χ1n) is 11.5. The van der Waals surface area contributed by atoms with Crippen molar-refractivity contribution >= 4 is 5.91 Å². The zero-order valence-electron chi connectivity index (χ0n) is 18.9. The van der Waals surface area contributed by atoms with Crippen LogP contribution < -0.4 is 10.1 Å². The van der Waals surface area contributed by atoms with Crippen molar-refractivity contribution in [3.63, 3.8) is 0 Å². The summed E-state index contributed by atoms with van der Waals surface area (Å²) in [7, 11) is 0. The van der Waals surface area contributed by atoms with Crippen LogP contribution in [0.15, 0.2) is 72.8 Å². The summed E-state index contributed by atoms with van der Waals surface area (Å²) in [6, 6.07) is 22.7. The minimum atomic E-state index is -0.277. The van der Waals surface area contributed by atoms with E-state index in [2.05, 4.69) is 17.4 Å². The summed E-state index contributed by atoms with van der Waals surface area (Å²) in [5.74, 6) is 0.430. The van der Waals surface area contributed by atoms with Crippen molar-refractivity contribution < 1.29 is 18.7 Å². The van der Waals surface area contributed by atoms with E-state index in [4.69, 9.17) is 9.47 Å². The van der Waals surface area contributed by atoms with Gasteiger partial charge in [-0.2, -0.15) is 0 Å². The number of carbonyl (C=O) groups excluding carboxylic acids is 1. The highest BCUT2D eigenvalue weighted by atomic mass is 19.1. The third-order valence-electron chi connectivity index (χ3n) is 5.95. The summed E-state index contributed by atoms with van der Waals surface area (Å²) >= 11 is 0. The largest absolute Gasteiger partial charge is 0.490 e. The molecule has 1 saturated carbocycles. The molecule has 4 nitrogen and oxygen atoms in total. The van der Waals surface area contributed by atoms with Crippen molar-refractivity contribution in [2.75, 3.05) is 6.54 Å². The lowest BCUT2D eigenvalue weighted by Gasteiger charge is -2.17. The van der Waals surface area contributed by atoms with Gasteiger partial charge in [-0.15, -0.1) is 0 Å². The minimum absolute atomic E-state index is 0.0625. The van der Waals surface area contributed by atoms with Crippen molar-refractivity contribution in [3.05, 3.63) is 89.7 Å². The summed E-state index contributed by atoms with van der Waals surface area (Å²) < 4.78 is 26.3. The maximum atomic E-state index is 13.9. The molecule has 5 heteroatoms. The third kappa shape index (κ3) is 6.65. The number of halogens is 1. The van der Waals surface area contributed by atoms with Gasteiger partial charge in [0.2, 0.25) is 5.91 Å². The highest BCUT2D eigenvalue weighted by molar-refractivity contribution is 5.73. The van der Waals surface area contributed by atoms with Gasteiger partial charge in [0.1, 0.15) is 17.7 Å². The highest BCUT2D eigenvalue weighted by Crippen LogP contribution is 2.32. The Hall–Kier alpha value is -3.18. The summed E-state index contributed by atoms with van der Waals surface area (Å²) in [6.07, 6.45) is 3.71. The second kappa shape index (κ2) is 11.1. The minimum Gasteiger partial charge on any atom is -0.490 e. The summed E-state index contributed by atoms with van der Waals surface area (Å²) in [4.78, 5) is 11.2. The van der Waals surface area contributed by atoms with Gasteiger partial charge in [0.15, 0.2) is 0 Å². The second-order valence-corrected chi connectivity index (χ2v) is 8.53. The van der Waals surface area contributed by atoms with E-state index in [0.717, 1.165) is 41.7 Å². The molecule has 3 aromatic rings. The van der Waals surface area contributed by atoms with Crippen LogP contribution in [-0.4, -0.2) is 24.7 Å². The Balaban J connectivity index is 1.42. The molecule has 1 aliphatic rings. The molecule has 0 heterocycles. The first-order valence-corrected chi connectivity index (χ1v) is 11.5. The quantitative estimate of drug-likeness (QED) is 0.459. The molecule has 0 aromatic heterocycles. The van der Waals surface area contributed by atoms with E-state index in [-0.39, 0.29) is 23.9 Å². The number of rotatable bonds is 9. The van der Waals surface area contributed by atoms with Gasteiger partial charge in [-0.25, -0.2) is 4.39 Å². The molecule has 0 aliphatic heterocycles. The van der Waals surface area contributed by atoms with Crippen LogP contribution in [0.1, 0.15) is 37.3 Å². The maximum Gasteiger partial charge on any atom is 0.216 e. The van der Waals surface area contributed by atoms with Crippen LogP contribution in [0.3, 0.4) is 0 Å². The molecular formula is C28H30FNO3. The van der Waals surface area contributed by atoms with Crippen LogP contribution in [0.5, 0.6) is 5.75 Å². The Bertz CT molecular complexity index is 1070. The second-order valence-electron chi connectivity index (χ2n) is 8.53. The summed E-state index contributed by atoms with van der Waals surface area (Å²) in [5, 5.41) is 2.83. The van der Waals surface area contributed by atoms with Gasteiger partial charge in [-0.3, -0.25) is 4.79 Å². The van der Waals surface area contributed by atoms with Crippen molar-refractivity contribution in [3.8, 4) is 16.9 Å². The van der Waals surface area contributed by atoms with E-state index in [1.807, 2.05) is 42.5 Å². The SMILES string of the molecule is CC(=O)NCCc1ccc(O[C@H]2CC[C@@H](OCc3ccccc3)C2)cc1-c1cccc(F)c1. The standard InChI is InChI=1S/C28H30FNO3/c1-20(31)30-15-14-22-10-11-27(18-28(22)23-8-5-9-24(29)16-23)33-26-13-12-25(17-26)32-19-21-6-3-2-4-7-21/h2-11,16,18,25-26H,12-15,17,19H2,1H3,(H,30,31)/t25-,26+/m1/s1. The molecule has 4 rings (SSSR count). The molecule has 1 amide bonds. The number of hydrogen-bond donors (Lipinski definition) is 1. The number of hydrogen-bond acceptors (Lipinski definition) is 3. The summed E-state index contributed by atoms with van der Waals surface area (Å²) in [6.45, 7) is 2.65. The van der Waals surface area contributed by atoms with Gasteiger partial charge in [-0.1, -0.05) is 48.5 Å². The number of benzene rings is 3. The van der Waals surface area contributed by atoms with Gasteiger partial charge in [-0.05, 0) is 65.8 Å². The van der Waals surface area contributed by atoms with Crippen LogP contribution in [0.25, 0.3) is 11.1 Å². The molecule has 0 spiro atoms. The molecule has 0 saturated heterocycles. The van der Waals surface area contributed by atoms with Crippen molar-refractivity contribution in [2.24, 2.45) is 0 Å². The summed E-state index contributed by atoms with van der Waals surface area (Å²) in [5.41, 5.74) is 3.94. The van der Waals surface area contributed by atoms with Crippen LogP contribution in [0.2, 0.25) is 0 Å². The fraction of sp³-hybridized carbons (Fsp3) is 0.321. The van der Waals surface area contributed by atoms with Gasteiger partial charge in [0.05, 0.1) is 12.7 Å². The van der Waals surface area contributed by atoms with E-state index in [0.29, 0.717) is 19.6 Å². The molecule has 3 aromatic carbocycles. The van der Waals surface area contributed by atoms with Crippen molar-refractivity contribution in [1.29, 1.82) is 0 Å². The molecule has 0 unspecified atom stereocenters. The number of nitrogens with one attached hydrogen (secondary N) is 1. The van der Waals surface area contributed by atoms with E-state index in [1.54, 1.807) is 6.07 Å². The number of amides is 1. The molecule has 1 aliphatic carbocycles. The fourth-order valence-electron chi connectivity index (χ4n) is 4.28. The molecule has 0 radical (unpaired) electrons. The van der Waals surface area contributed by atoms with Gasteiger partial charge in [0.25, 0.3) is 0 Å². The molecule has 0 bridgehead atoms. The van der Waals surface area contributed by atoms with E-state index >= 15 is 0 Å². The maximum absolute atomic E-state index is 13.9. The predicted octanol–water partition coefficient (Wildman–Crippen LogP) is 5.69. The van der Waals surface area contributed by atoms with Gasteiger partial charge >= 0.3 is 0 Å². The number of ether oxygens (including phenoxy) is 2. The number of carbonyl (C=O) groups is 1. The topological polar surface area (TPSA) is 47.6 Å². The molecule has 172 valence electrons. The van der Waals surface area contributed by atoms with Crippen LogP contribution >= 0.6 is 0 Å². The van der Waals surface area contributed by atoms with Crippen molar-refractivity contribution in [1.82, 2.24) is 5.32 Å². The fourth-order valence-corrected chi connectivity index (χ4v) is 4.28. The Labute approximate surface area is 194 Å². The zero-order chi connectivity index (χ0) is 23.0. The molecule has 1 fully saturated rings. The Morgan fingerprint density at radius 1 is 1.00 bits per heavy atom. The van der Waals surface area contributed by atoms with E-state index in [9.17, 15) is 9.18 Å². The highest BCUT2D eigenvalue weighted by Gasteiger charge is 2.27. The van der Waals surface area contributed by atoms with E-state index < -0.39 is 0 Å². The van der Waals surface area contributed by atoms with Crippen LogP contribution in [0.4, 0.5) is 4.39 Å². The van der Waals surface area contributed by atoms with Crippen LogP contribution in [-0.2, 0) is 22.6 Å². The monoisotopic (exact) mass is 447 g/mol. The van der Waals surface area contributed by atoms with Crippen LogP contribution in [0, 0.1) is 5.82 Å². The lowest BCUT2D eigenvalue weighted by Crippen LogP contribution is -2.22. The molecular weight excluding hydrogens is 417 g/mol. The predicted molar refractivity (Wildman–Crippen MR) is 128 cm³/mol. The molecule has 2 atom stereocenters. The Morgan fingerprint density at radius 2 is 1.82 bits per heavy atom. The van der Waals surface area contributed by atoms with Crippen molar-refractivity contribution in [2.45, 2.75) is 51.4 Å². The zero-order valence-corrected chi connectivity index (χ0v) is 18.9. The first kappa shape index (κ1) is 23.0. The normalized spacial score (nSPS) is 17.6. The van der Waals surface area contributed by atoms with E-state index in [1.165, 1.54) is 24.6 Å². The lowest BCUT2D eigenvalue weighted by molar-refractivity contribution is -0.118.